The van der Waals surface area contributed by atoms with Gasteiger partial charge in [-0.25, -0.2) is 0 Å². The molecule has 0 amide bonds. The number of rotatable bonds is 6. The van der Waals surface area contributed by atoms with E-state index in [-0.39, 0.29) is 0 Å². The summed E-state index contributed by atoms with van der Waals surface area (Å²) < 4.78 is 7.15. The molecule has 1 aromatic heterocycles. The Labute approximate surface area is 429 Å². The molecule has 1 spiro atoms. The Hall–Kier alpha value is -9.50. The molecule has 0 fully saturated rings. The number of para-hydroxylation sites is 2. The van der Waals surface area contributed by atoms with Gasteiger partial charge in [0.15, 0.2) is 0 Å². The zero-order valence-corrected chi connectivity index (χ0v) is 40.3. The third-order valence-electron chi connectivity index (χ3n) is 16.8. The van der Waals surface area contributed by atoms with Crippen LogP contribution in [0.1, 0.15) is 44.5 Å². The van der Waals surface area contributed by atoms with E-state index in [1.54, 1.807) is 0 Å². The molecule has 3 aliphatic rings. The van der Waals surface area contributed by atoms with Gasteiger partial charge >= 0.3 is 0 Å². The lowest BCUT2D eigenvalue weighted by molar-refractivity contribution is 0.674. The Balaban J connectivity index is 1.02. The molecule has 0 N–H and O–H groups in total. The highest BCUT2D eigenvalue weighted by Gasteiger charge is 2.52. The van der Waals surface area contributed by atoms with Gasteiger partial charge < -0.3 is 9.32 Å². The first-order valence-corrected chi connectivity index (χ1v) is 25.8. The minimum atomic E-state index is -0.584. The molecule has 0 bridgehead atoms. The molecular weight excluding hydrogens is 895 g/mol. The Morgan fingerprint density at radius 1 is 0.270 bits per heavy atom. The van der Waals surface area contributed by atoms with E-state index in [1.165, 1.54) is 77.9 Å². The largest absolute Gasteiger partial charge is 0.455 e. The molecule has 0 aliphatic heterocycles. The topological polar surface area (TPSA) is 16.4 Å². The molecule has 344 valence electrons. The van der Waals surface area contributed by atoms with E-state index >= 15 is 0 Å². The maximum Gasteiger partial charge on any atom is 0.143 e. The maximum atomic E-state index is 7.15. The van der Waals surface area contributed by atoms with E-state index in [9.17, 15) is 0 Å². The van der Waals surface area contributed by atoms with Gasteiger partial charge in [-0.3, -0.25) is 0 Å². The van der Waals surface area contributed by atoms with Gasteiger partial charge in [-0.1, -0.05) is 243 Å². The van der Waals surface area contributed by atoms with Crippen molar-refractivity contribution in [3.63, 3.8) is 0 Å². The highest BCUT2D eigenvalue weighted by atomic mass is 16.3. The second-order valence-electron chi connectivity index (χ2n) is 20.1. The third kappa shape index (κ3) is 5.33. The summed E-state index contributed by atoms with van der Waals surface area (Å²) in [6.45, 7) is 0. The van der Waals surface area contributed by atoms with Crippen LogP contribution in [0.5, 0.6) is 0 Å². The van der Waals surface area contributed by atoms with Gasteiger partial charge in [-0.2, -0.15) is 0 Å². The second-order valence-corrected chi connectivity index (χ2v) is 20.1. The van der Waals surface area contributed by atoms with E-state index in [4.69, 9.17) is 4.42 Å². The van der Waals surface area contributed by atoms with Crippen LogP contribution in [0.15, 0.2) is 277 Å². The lowest BCUT2D eigenvalue weighted by Gasteiger charge is -2.35. The van der Waals surface area contributed by atoms with Gasteiger partial charge in [0.05, 0.1) is 22.2 Å². The van der Waals surface area contributed by atoms with Crippen LogP contribution in [-0.4, -0.2) is 0 Å². The minimum absolute atomic E-state index is 0.524. The number of furan rings is 1. The van der Waals surface area contributed by atoms with Gasteiger partial charge in [0.1, 0.15) is 11.2 Å². The molecule has 16 rings (SSSR count). The fourth-order valence-corrected chi connectivity index (χ4v) is 13.9. The molecule has 74 heavy (non-hydrogen) atoms. The summed E-state index contributed by atoms with van der Waals surface area (Å²) in [4.78, 5) is 2.57. The summed E-state index contributed by atoms with van der Waals surface area (Å²) in [6, 6.07) is 102. The second kappa shape index (κ2) is 15.5. The lowest BCUT2D eigenvalue weighted by Crippen LogP contribution is -2.28. The first-order valence-electron chi connectivity index (χ1n) is 25.8. The molecule has 1 heterocycles. The average Bonchev–Trinajstić information content (AvgIpc) is 4.20. The summed E-state index contributed by atoms with van der Waals surface area (Å²) in [5, 5.41) is 4.50. The van der Waals surface area contributed by atoms with Crippen molar-refractivity contribution in [2.75, 3.05) is 4.90 Å². The van der Waals surface area contributed by atoms with Crippen LogP contribution >= 0.6 is 0 Å². The number of hydrogen-bond acceptors (Lipinski definition) is 2. The van der Waals surface area contributed by atoms with Crippen molar-refractivity contribution in [2.24, 2.45) is 0 Å². The zero-order valence-electron chi connectivity index (χ0n) is 40.3. The predicted molar refractivity (Wildman–Crippen MR) is 305 cm³/mol. The molecule has 2 nitrogen and oxygen atoms in total. The number of fused-ring (bicyclic) bond motifs is 18. The summed E-state index contributed by atoms with van der Waals surface area (Å²) in [5.74, 6) is 0. The van der Waals surface area contributed by atoms with Crippen molar-refractivity contribution in [1.29, 1.82) is 0 Å². The first-order chi connectivity index (χ1) is 36.7. The number of anilines is 3. The molecule has 13 aromatic rings. The Bertz CT molecular complexity index is 4340. The quantitative estimate of drug-likeness (QED) is 0.165. The molecule has 0 atom stereocenters. The van der Waals surface area contributed by atoms with Crippen molar-refractivity contribution < 1.29 is 4.42 Å². The first kappa shape index (κ1) is 41.2. The monoisotopic (exact) mass is 939 g/mol. The van der Waals surface area contributed by atoms with Crippen LogP contribution in [0, 0.1) is 0 Å². The molecule has 2 heteroatoms. The van der Waals surface area contributed by atoms with Crippen molar-refractivity contribution in [1.82, 2.24) is 0 Å². The normalized spacial score (nSPS) is 13.9. The molecule has 12 aromatic carbocycles. The predicted octanol–water partition coefficient (Wildman–Crippen LogP) is 18.6. The molecule has 0 saturated carbocycles. The number of nitrogens with zero attached hydrogens (tertiary/aromatic N) is 1. The molecule has 0 saturated heterocycles. The summed E-state index contributed by atoms with van der Waals surface area (Å²) in [5.41, 5.74) is 23.9. The average molecular weight is 940 g/mol. The van der Waals surface area contributed by atoms with Gasteiger partial charge in [-0.05, 0) is 108 Å². The summed E-state index contributed by atoms with van der Waals surface area (Å²) in [7, 11) is 0. The summed E-state index contributed by atoms with van der Waals surface area (Å²) in [6.07, 6.45) is 0. The van der Waals surface area contributed by atoms with Crippen molar-refractivity contribution in [3.05, 3.63) is 317 Å². The van der Waals surface area contributed by atoms with Gasteiger partial charge in [0.2, 0.25) is 0 Å². The van der Waals surface area contributed by atoms with Crippen molar-refractivity contribution in [3.8, 4) is 44.5 Å². The smallest absolute Gasteiger partial charge is 0.143 e. The van der Waals surface area contributed by atoms with Crippen LogP contribution in [0.3, 0.4) is 0 Å². The summed E-state index contributed by atoms with van der Waals surface area (Å²) >= 11 is 0. The Morgan fingerprint density at radius 3 is 1.42 bits per heavy atom. The SMILES string of the molecule is c1ccc(C2(c3ccccc3)c3ccccc3-c3c(N(c4ccc5c(c4)C4(c6ccccc6-c6ccccc64)c4ccccc4-5)c4ccccc4-c4cccc5c4oc4c6ccccc6ccc54)cccc32)cc1. The number of hydrogen-bond donors (Lipinski definition) is 0. The van der Waals surface area contributed by atoms with Gasteiger partial charge in [0, 0.05) is 38.5 Å². The Kier molecular flexibility index (Phi) is 8.62. The van der Waals surface area contributed by atoms with Crippen molar-refractivity contribution >= 4 is 49.8 Å². The van der Waals surface area contributed by atoms with E-state index in [2.05, 4.69) is 278 Å². The lowest BCUT2D eigenvalue weighted by atomic mass is 9.68. The molecule has 0 unspecified atom stereocenters. The van der Waals surface area contributed by atoms with Crippen LogP contribution in [0.25, 0.3) is 77.2 Å². The minimum Gasteiger partial charge on any atom is -0.455 e. The van der Waals surface area contributed by atoms with E-state index in [0.717, 1.165) is 60.9 Å². The van der Waals surface area contributed by atoms with E-state index in [0.29, 0.717) is 0 Å². The highest BCUT2D eigenvalue weighted by molar-refractivity contribution is 6.18. The fraction of sp³-hybridized carbons (Fsp3) is 0.0278. The number of benzene rings is 12. The van der Waals surface area contributed by atoms with Crippen LogP contribution < -0.4 is 4.90 Å². The van der Waals surface area contributed by atoms with Crippen LogP contribution in [0.4, 0.5) is 17.1 Å². The maximum absolute atomic E-state index is 7.15. The molecule has 0 radical (unpaired) electrons. The zero-order chi connectivity index (χ0) is 48.5. The highest BCUT2D eigenvalue weighted by Crippen LogP contribution is 2.65. The van der Waals surface area contributed by atoms with Gasteiger partial charge in [-0.15, -0.1) is 0 Å². The third-order valence-corrected chi connectivity index (χ3v) is 16.8. The van der Waals surface area contributed by atoms with Crippen molar-refractivity contribution in [2.45, 2.75) is 10.8 Å². The van der Waals surface area contributed by atoms with E-state index in [1.807, 2.05) is 0 Å². The Morgan fingerprint density at radius 2 is 0.743 bits per heavy atom. The fourth-order valence-electron chi connectivity index (χ4n) is 13.9. The van der Waals surface area contributed by atoms with Crippen LogP contribution in [-0.2, 0) is 10.8 Å². The van der Waals surface area contributed by atoms with Gasteiger partial charge in [0.25, 0.3) is 0 Å². The van der Waals surface area contributed by atoms with Crippen LogP contribution in [0.2, 0.25) is 0 Å². The standard InChI is InChI=1S/C72H45NO/c1-3-22-47(23-4-1)71(48-24-5-2-6-25-48)63-37-17-12-31-59(63)68-64(71)38-20-40-67(68)73(66-39-18-13-30-55(66)56-32-19-33-57-58-43-41-46-21-7-8-26-50(46)69(58)74-70(56)57)49-42-44-54-53-29-11-16-36-62(53)72(65(54)45-49)60-34-14-9-27-51(60)52-28-10-15-35-61(52)72/h1-45H. The molecule has 3 aliphatic carbocycles. The van der Waals surface area contributed by atoms with E-state index < -0.39 is 10.8 Å². The molecular formula is C72H45NO.